The summed E-state index contributed by atoms with van der Waals surface area (Å²) in [6.45, 7) is 10.1. The maximum atomic E-state index is 8.89. The molecular weight excluding hydrogens is 286 g/mol. The number of benzene rings is 1. The molecule has 0 aliphatic carbocycles. The molecule has 2 N–H and O–H groups in total. The number of rotatable bonds is 0. The average molecular weight is 307 g/mol. The topological polar surface area (TPSA) is 72.3 Å². The fourth-order valence-electron chi connectivity index (χ4n) is 2.28. The third kappa shape index (κ3) is 2.78. The molecule has 6 heteroatoms. The number of para-hydroxylation sites is 1. The first kappa shape index (κ1) is 15.9. The number of amidine groups is 1. The van der Waals surface area contributed by atoms with E-state index in [9.17, 15) is 0 Å². The summed E-state index contributed by atoms with van der Waals surface area (Å²) in [7, 11) is 0. The number of aliphatic carboxylic acids is 1. The molecule has 1 aromatic rings. The lowest BCUT2D eigenvalue weighted by Crippen LogP contribution is -2.95. The van der Waals surface area contributed by atoms with E-state index in [1.54, 1.807) is 11.8 Å². The van der Waals surface area contributed by atoms with Crippen LogP contribution in [0, 0.1) is 5.41 Å². The van der Waals surface area contributed by atoms with Crippen LogP contribution in [0.1, 0.15) is 34.6 Å². The number of carbonyl (C=O) groups is 1. The number of nitrogens with zero attached hydrogens (tertiary/aromatic N) is 2. The first-order valence-electron chi connectivity index (χ1n) is 6.84. The summed E-state index contributed by atoms with van der Waals surface area (Å²) in [5.41, 5.74) is 3.51. The first-order valence-corrected chi connectivity index (χ1v) is 7.65. The van der Waals surface area contributed by atoms with Gasteiger partial charge in [-0.25, -0.2) is 0 Å². The molecule has 1 unspecified atom stereocenters. The number of anilines is 1. The van der Waals surface area contributed by atoms with E-state index < -0.39 is 5.97 Å². The van der Waals surface area contributed by atoms with Crippen molar-refractivity contribution in [1.82, 2.24) is 0 Å². The number of hydrogen-bond acceptors (Lipinski definition) is 5. The van der Waals surface area contributed by atoms with Crippen LogP contribution in [0.15, 0.2) is 34.3 Å². The minimum Gasteiger partial charge on any atom is -0.550 e. The van der Waals surface area contributed by atoms with Crippen molar-refractivity contribution in [2.24, 2.45) is 10.5 Å². The molecule has 0 spiro atoms. The molecule has 5 nitrogen and oxygen atoms in total. The van der Waals surface area contributed by atoms with Gasteiger partial charge in [0.1, 0.15) is 0 Å². The van der Waals surface area contributed by atoms with E-state index in [0.29, 0.717) is 0 Å². The Bertz CT molecular complexity index is 591. The van der Waals surface area contributed by atoms with E-state index in [1.807, 2.05) is 0 Å². The molecule has 1 aromatic carbocycles. The highest BCUT2D eigenvalue weighted by Gasteiger charge is 2.55. The lowest BCUT2D eigenvalue weighted by atomic mass is 9.81. The number of nitrogens with two attached hydrogens (primary N) is 1. The third-order valence-electron chi connectivity index (χ3n) is 3.91. The van der Waals surface area contributed by atoms with E-state index in [-0.39, 0.29) is 11.1 Å². The molecular formula is C15H21N3O2S. The third-order valence-corrected chi connectivity index (χ3v) is 4.94. The van der Waals surface area contributed by atoms with Gasteiger partial charge in [-0.2, -0.15) is 5.43 Å². The van der Waals surface area contributed by atoms with Crippen LogP contribution in [0.5, 0.6) is 0 Å². The highest BCUT2D eigenvalue weighted by atomic mass is 32.2. The zero-order valence-corrected chi connectivity index (χ0v) is 13.8. The van der Waals surface area contributed by atoms with E-state index in [4.69, 9.17) is 9.90 Å². The standard InChI is InChI=1S/C13H17N3S.C2H4O2/c1-12(2,3)13(4)15-14-11-16(13)9-7-5-6-8-10(9)17-11;1-2(3)4/h5-8,15H,1-4H3;1H3,(H,3,4). The van der Waals surface area contributed by atoms with Gasteiger partial charge in [0.25, 0.3) is 0 Å². The number of carbonyl (C=O) groups excluding carboxylic acids is 1. The molecule has 2 aliphatic rings. The molecule has 0 bridgehead atoms. The van der Waals surface area contributed by atoms with E-state index in [0.717, 1.165) is 12.1 Å². The Balaban J connectivity index is 0.000000361. The predicted octanol–water partition coefficient (Wildman–Crippen LogP) is 0.965. The van der Waals surface area contributed by atoms with Crippen molar-refractivity contribution < 1.29 is 15.3 Å². The van der Waals surface area contributed by atoms with Crippen LogP contribution in [0.4, 0.5) is 5.69 Å². The number of carboxylic acid groups (broad SMARTS) is 1. The Morgan fingerprint density at radius 2 is 1.95 bits per heavy atom. The van der Waals surface area contributed by atoms with Crippen molar-refractivity contribution in [3.63, 3.8) is 0 Å². The van der Waals surface area contributed by atoms with Crippen LogP contribution in [0.3, 0.4) is 0 Å². The summed E-state index contributed by atoms with van der Waals surface area (Å²) >= 11 is 1.77. The van der Waals surface area contributed by atoms with Crippen molar-refractivity contribution in [2.45, 2.75) is 45.2 Å². The zero-order chi connectivity index (χ0) is 15.8. The lowest BCUT2D eigenvalue weighted by Gasteiger charge is -2.40. The summed E-state index contributed by atoms with van der Waals surface area (Å²) < 4.78 is 0. The summed E-state index contributed by atoms with van der Waals surface area (Å²) in [5.74, 6) is -1.08. The Kier molecular flexibility index (Phi) is 4.04. The number of carboxylic acids is 1. The second kappa shape index (κ2) is 5.35. The van der Waals surface area contributed by atoms with Gasteiger partial charge in [-0.1, -0.05) is 38.0 Å². The van der Waals surface area contributed by atoms with Gasteiger partial charge in [-0.3, -0.25) is 4.90 Å². The minimum atomic E-state index is -1.08. The molecule has 114 valence electrons. The zero-order valence-electron chi connectivity index (χ0n) is 13.0. The predicted molar refractivity (Wildman–Crippen MR) is 82.7 cm³/mol. The number of thioether (sulfide) groups is 1. The monoisotopic (exact) mass is 307 g/mol. The second-order valence-corrected chi connectivity index (χ2v) is 7.34. The van der Waals surface area contributed by atoms with Gasteiger partial charge in [-0.05, 0) is 30.8 Å². The molecule has 0 saturated carbocycles. The van der Waals surface area contributed by atoms with Gasteiger partial charge < -0.3 is 9.90 Å². The van der Waals surface area contributed by atoms with Crippen molar-refractivity contribution in [2.75, 3.05) is 4.90 Å². The molecule has 0 amide bonds. The Morgan fingerprint density at radius 1 is 1.38 bits per heavy atom. The van der Waals surface area contributed by atoms with Gasteiger partial charge in [0.05, 0.1) is 5.69 Å². The molecule has 0 fully saturated rings. The van der Waals surface area contributed by atoms with Crippen molar-refractivity contribution >= 4 is 28.6 Å². The summed E-state index contributed by atoms with van der Waals surface area (Å²) in [4.78, 5) is 12.6. The van der Waals surface area contributed by atoms with Crippen LogP contribution in [-0.2, 0) is 4.79 Å². The fourth-order valence-corrected chi connectivity index (χ4v) is 3.37. The molecule has 21 heavy (non-hydrogen) atoms. The normalized spacial score (nSPS) is 22.9. The quantitative estimate of drug-likeness (QED) is 0.725. The summed E-state index contributed by atoms with van der Waals surface area (Å²) in [6.07, 6.45) is 0. The van der Waals surface area contributed by atoms with Gasteiger partial charge in [0.15, 0.2) is 0 Å². The highest BCUT2D eigenvalue weighted by molar-refractivity contribution is 8.14. The molecule has 0 radical (unpaired) electrons. The molecule has 2 heterocycles. The van der Waals surface area contributed by atoms with Crippen LogP contribution in [-0.4, -0.2) is 16.8 Å². The minimum absolute atomic E-state index is 0.0397. The van der Waals surface area contributed by atoms with Gasteiger partial charge in [0.2, 0.25) is 10.8 Å². The van der Waals surface area contributed by atoms with Crippen LogP contribution < -0.4 is 15.4 Å². The van der Waals surface area contributed by atoms with Crippen LogP contribution >= 0.6 is 11.8 Å². The Morgan fingerprint density at radius 3 is 2.52 bits per heavy atom. The molecule has 1 atom stereocenters. The van der Waals surface area contributed by atoms with Gasteiger partial charge in [0, 0.05) is 23.2 Å². The molecule has 0 aromatic heterocycles. The van der Waals surface area contributed by atoms with Crippen molar-refractivity contribution in [1.29, 1.82) is 0 Å². The van der Waals surface area contributed by atoms with Gasteiger partial charge >= 0.3 is 0 Å². The van der Waals surface area contributed by atoms with E-state index >= 15 is 0 Å². The largest absolute Gasteiger partial charge is 0.550 e. The maximum absolute atomic E-state index is 8.89. The summed E-state index contributed by atoms with van der Waals surface area (Å²) in [5, 5.41) is 14.6. The van der Waals surface area contributed by atoms with E-state index in [1.165, 1.54) is 10.6 Å². The Labute approximate surface area is 129 Å². The summed E-state index contributed by atoms with van der Waals surface area (Å²) in [6, 6.07) is 8.55. The Hall–Kier alpha value is -1.53. The number of fused-ring (bicyclic) bond motifs is 3. The molecule has 3 rings (SSSR count). The van der Waals surface area contributed by atoms with Crippen molar-refractivity contribution in [3.8, 4) is 0 Å². The SMILES string of the molecule is CC(=O)[O-].CC(C)(C)C1(C)[NH2+]N=C2Sc3ccccc3N21. The van der Waals surface area contributed by atoms with Crippen molar-refractivity contribution in [3.05, 3.63) is 24.3 Å². The van der Waals surface area contributed by atoms with Crippen LogP contribution in [0.2, 0.25) is 0 Å². The smallest absolute Gasteiger partial charge is 0.233 e. The van der Waals surface area contributed by atoms with Crippen LogP contribution in [0.25, 0.3) is 0 Å². The molecule has 2 aliphatic heterocycles. The maximum Gasteiger partial charge on any atom is 0.233 e. The highest BCUT2D eigenvalue weighted by Crippen LogP contribution is 2.47. The lowest BCUT2D eigenvalue weighted by molar-refractivity contribution is -0.733. The van der Waals surface area contributed by atoms with Gasteiger partial charge in [-0.15, -0.1) is 0 Å². The average Bonchev–Trinajstić information content (AvgIpc) is 2.86. The molecule has 0 saturated heterocycles. The fraction of sp³-hybridized carbons (Fsp3) is 0.467. The second-order valence-electron chi connectivity index (χ2n) is 6.34. The first-order chi connectivity index (χ1) is 9.67. The van der Waals surface area contributed by atoms with E-state index in [2.05, 4.69) is 67.4 Å². The number of hydrogen-bond donors (Lipinski definition) is 1. The number of quaternary nitrogens is 1.